The lowest BCUT2D eigenvalue weighted by atomic mass is 10.3. The van der Waals surface area contributed by atoms with Gasteiger partial charge in [-0.1, -0.05) is 18.2 Å². The first-order chi connectivity index (χ1) is 4.43. The summed E-state index contributed by atoms with van der Waals surface area (Å²) in [5.74, 6) is 0. The van der Waals surface area contributed by atoms with Crippen molar-refractivity contribution in [1.29, 1.82) is 0 Å². The zero-order chi connectivity index (χ0) is 6.53. The van der Waals surface area contributed by atoms with E-state index >= 15 is 0 Å². The number of nitrogens with zero attached hydrogens (tertiary/aromatic N) is 1. The molecule has 1 nitrogen and oxygen atoms in total. The molecule has 2 heteroatoms. The molecule has 0 fully saturated rings. The lowest BCUT2D eigenvalue weighted by molar-refractivity contribution is 1.54. The second-order valence-electron chi connectivity index (χ2n) is 1.45. The van der Waals surface area contributed by atoms with Gasteiger partial charge in [0.1, 0.15) is 0 Å². The van der Waals surface area contributed by atoms with Crippen molar-refractivity contribution in [1.82, 2.24) is 0 Å². The Morgan fingerprint density at radius 3 is 3.00 bits per heavy atom. The fraction of sp³-hybridized carbons (Fsp3) is 0. The van der Waals surface area contributed by atoms with Crippen molar-refractivity contribution in [3.05, 3.63) is 30.3 Å². The highest BCUT2D eigenvalue weighted by atomic mass is 32.1. The molecule has 0 saturated carbocycles. The predicted octanol–water partition coefficient (Wildman–Crippen LogP) is 2.22. The number of hydrogen-bond acceptors (Lipinski definition) is 2. The van der Waals surface area contributed by atoms with Crippen molar-refractivity contribution in [2.75, 3.05) is 0 Å². The van der Waals surface area contributed by atoms with Gasteiger partial charge < -0.3 is 0 Å². The molecule has 0 saturated heterocycles. The van der Waals surface area contributed by atoms with Gasteiger partial charge in [0, 0.05) is 6.07 Å². The highest BCUT2D eigenvalue weighted by molar-refractivity contribution is 7.78. The average Bonchev–Trinajstić information content (AvgIpc) is 1.91. The molecule has 0 spiro atoms. The first-order valence-electron chi connectivity index (χ1n) is 2.48. The summed E-state index contributed by atoms with van der Waals surface area (Å²) in [6, 6.07) is 10.2. The second kappa shape index (κ2) is 3.13. The van der Waals surface area contributed by atoms with Gasteiger partial charge >= 0.3 is 0 Å². The lowest BCUT2D eigenvalue weighted by Gasteiger charge is -1.83. The molecule has 1 aromatic carbocycles. The molecule has 0 unspecified atom stereocenters. The number of para-hydroxylation sites is 1. The maximum absolute atomic E-state index is 4.40. The topological polar surface area (TPSA) is 12.4 Å². The van der Waals surface area contributed by atoms with Crippen molar-refractivity contribution in [2.45, 2.75) is 0 Å². The summed E-state index contributed by atoms with van der Waals surface area (Å²) in [5, 5.41) is 2.26. The van der Waals surface area contributed by atoms with Gasteiger partial charge in [0.05, 0.1) is 10.8 Å². The maximum atomic E-state index is 4.40. The molecule has 0 amide bonds. The third-order valence-corrected chi connectivity index (χ3v) is 0.950. The van der Waals surface area contributed by atoms with E-state index in [1.807, 2.05) is 18.2 Å². The van der Waals surface area contributed by atoms with E-state index in [2.05, 4.69) is 28.4 Å². The maximum Gasteiger partial charge on any atom is 0.0818 e. The Hall–Kier alpha value is -0.980. The first kappa shape index (κ1) is 6.14. The molecule has 0 aliphatic carbocycles. The summed E-state index contributed by atoms with van der Waals surface area (Å²) < 4.78 is 0. The van der Waals surface area contributed by atoms with Gasteiger partial charge in [0.25, 0.3) is 0 Å². The predicted molar refractivity (Wildman–Crippen MR) is 40.0 cm³/mol. The molecule has 43 valence electrons. The minimum atomic E-state index is 0.729. The third-order valence-electron chi connectivity index (χ3n) is 0.859. The van der Waals surface area contributed by atoms with Crippen molar-refractivity contribution < 1.29 is 0 Å². The average molecular weight is 134 g/mol. The molecule has 0 atom stereocenters. The number of benzene rings is 1. The van der Waals surface area contributed by atoms with Gasteiger partial charge in [-0.05, 0) is 18.3 Å². The van der Waals surface area contributed by atoms with E-state index < -0.39 is 0 Å². The Bertz CT molecular complexity index is 224. The quantitative estimate of drug-likeness (QED) is 0.423. The smallest absolute Gasteiger partial charge is 0.0818 e. The molecular weight excluding hydrogens is 130 g/mol. The summed E-state index contributed by atoms with van der Waals surface area (Å²) in [5.41, 5.74) is 0.729. The van der Waals surface area contributed by atoms with Crippen LogP contribution in [-0.2, 0) is 0 Å². The Morgan fingerprint density at radius 2 is 2.44 bits per heavy atom. The van der Waals surface area contributed by atoms with E-state index in [1.54, 1.807) is 6.07 Å². The minimum absolute atomic E-state index is 0.729. The Kier molecular flexibility index (Phi) is 2.13. The SMILES string of the molecule is S=C=Nc1[c]cccc1. The first-order valence-corrected chi connectivity index (χ1v) is 2.89. The molecule has 0 N–H and O–H groups in total. The van der Waals surface area contributed by atoms with Gasteiger partial charge in [0.15, 0.2) is 0 Å². The standard InChI is InChI=1S/C7H4NS/c9-6-8-7-4-2-1-3-5-7/h1-4H. The minimum Gasteiger partial charge on any atom is -0.194 e. The number of isothiocyanates is 1. The Morgan fingerprint density at radius 1 is 1.56 bits per heavy atom. The van der Waals surface area contributed by atoms with Crippen LogP contribution in [0.25, 0.3) is 0 Å². The van der Waals surface area contributed by atoms with E-state index in [4.69, 9.17) is 0 Å². The van der Waals surface area contributed by atoms with Crippen LogP contribution < -0.4 is 0 Å². The van der Waals surface area contributed by atoms with Crippen LogP contribution in [0.1, 0.15) is 0 Å². The van der Waals surface area contributed by atoms with E-state index in [0.717, 1.165) is 5.69 Å². The fourth-order valence-electron chi connectivity index (χ4n) is 0.503. The normalized spacial score (nSPS) is 8.00. The molecule has 1 rings (SSSR count). The van der Waals surface area contributed by atoms with Gasteiger partial charge in [-0.15, -0.1) is 0 Å². The van der Waals surface area contributed by atoms with Crippen molar-refractivity contribution in [3.8, 4) is 0 Å². The van der Waals surface area contributed by atoms with Crippen molar-refractivity contribution in [3.63, 3.8) is 0 Å². The van der Waals surface area contributed by atoms with Crippen LogP contribution >= 0.6 is 12.2 Å². The van der Waals surface area contributed by atoms with Crippen LogP contribution in [0, 0.1) is 6.07 Å². The van der Waals surface area contributed by atoms with Crippen LogP contribution in [0.4, 0.5) is 5.69 Å². The van der Waals surface area contributed by atoms with E-state index in [9.17, 15) is 0 Å². The number of thiocarbonyl (C=S) groups is 1. The zero-order valence-electron chi connectivity index (χ0n) is 4.66. The summed E-state index contributed by atoms with van der Waals surface area (Å²) in [6.07, 6.45) is 0. The Balaban J connectivity index is 2.97. The molecule has 0 heterocycles. The molecule has 0 aromatic heterocycles. The highest BCUT2D eigenvalue weighted by Gasteiger charge is 1.80. The van der Waals surface area contributed by atoms with E-state index in [0.29, 0.717) is 0 Å². The van der Waals surface area contributed by atoms with E-state index in [1.165, 1.54) is 0 Å². The Labute approximate surface area is 59.1 Å². The number of aliphatic imine (C=N–C) groups is 1. The molecular formula is C7H4NS. The summed E-state index contributed by atoms with van der Waals surface area (Å²) in [6.45, 7) is 0. The van der Waals surface area contributed by atoms with Crippen molar-refractivity contribution >= 4 is 23.1 Å². The molecule has 0 aliphatic rings. The van der Waals surface area contributed by atoms with Crippen LogP contribution in [0.3, 0.4) is 0 Å². The second-order valence-corrected chi connectivity index (χ2v) is 1.63. The van der Waals surface area contributed by atoms with Gasteiger partial charge in [-0.25, -0.2) is 0 Å². The summed E-state index contributed by atoms with van der Waals surface area (Å²) in [7, 11) is 0. The number of rotatable bonds is 1. The van der Waals surface area contributed by atoms with Crippen LogP contribution in [-0.4, -0.2) is 5.16 Å². The monoisotopic (exact) mass is 134 g/mol. The molecule has 9 heavy (non-hydrogen) atoms. The summed E-state index contributed by atoms with van der Waals surface area (Å²) in [4.78, 5) is 3.72. The summed E-state index contributed by atoms with van der Waals surface area (Å²) >= 11 is 4.40. The zero-order valence-corrected chi connectivity index (χ0v) is 5.48. The fourth-order valence-corrected chi connectivity index (χ4v) is 0.601. The van der Waals surface area contributed by atoms with Crippen molar-refractivity contribution in [2.24, 2.45) is 4.99 Å². The van der Waals surface area contributed by atoms with Gasteiger partial charge in [-0.2, -0.15) is 4.99 Å². The van der Waals surface area contributed by atoms with E-state index in [-0.39, 0.29) is 0 Å². The third kappa shape index (κ3) is 1.76. The lowest BCUT2D eigenvalue weighted by Crippen LogP contribution is -1.59. The largest absolute Gasteiger partial charge is 0.194 e. The van der Waals surface area contributed by atoms with Crippen LogP contribution in [0.2, 0.25) is 0 Å². The van der Waals surface area contributed by atoms with Gasteiger partial charge in [0.2, 0.25) is 0 Å². The van der Waals surface area contributed by atoms with Gasteiger partial charge in [-0.3, -0.25) is 0 Å². The number of hydrogen-bond donors (Lipinski definition) is 0. The molecule has 0 bridgehead atoms. The molecule has 0 aliphatic heterocycles. The van der Waals surface area contributed by atoms with Crippen LogP contribution in [0.5, 0.6) is 0 Å². The highest BCUT2D eigenvalue weighted by Crippen LogP contribution is 2.06. The molecule has 1 radical (unpaired) electrons. The van der Waals surface area contributed by atoms with Crippen LogP contribution in [0.15, 0.2) is 29.3 Å². The molecule has 1 aromatic rings.